The Morgan fingerprint density at radius 1 is 0.976 bits per heavy atom. The Labute approximate surface area is 241 Å². The number of carbonyl (C=O) groups is 3. The summed E-state index contributed by atoms with van der Waals surface area (Å²) in [5.41, 5.74) is 2.37. The topological polar surface area (TPSA) is 106 Å². The number of aliphatic hydroxyl groups excluding tert-OH is 1. The average Bonchev–Trinajstić information content (AvgIpc) is 3.50. The van der Waals surface area contributed by atoms with Crippen LogP contribution in [0.3, 0.4) is 0 Å². The van der Waals surface area contributed by atoms with Crippen molar-refractivity contribution in [1.82, 2.24) is 0 Å². The van der Waals surface area contributed by atoms with Crippen molar-refractivity contribution in [2.75, 3.05) is 19.1 Å². The van der Waals surface area contributed by atoms with Crippen LogP contribution in [0.25, 0.3) is 11.0 Å². The van der Waals surface area contributed by atoms with E-state index >= 15 is 0 Å². The van der Waals surface area contributed by atoms with Gasteiger partial charge in [-0.1, -0.05) is 56.6 Å². The molecule has 3 aromatic carbocycles. The molecule has 0 aliphatic carbocycles. The second-order valence-corrected chi connectivity index (χ2v) is 11.2. The third kappa shape index (κ3) is 4.95. The van der Waals surface area contributed by atoms with Crippen LogP contribution in [0.2, 0.25) is 5.02 Å². The van der Waals surface area contributed by atoms with E-state index in [4.69, 9.17) is 25.5 Å². The van der Waals surface area contributed by atoms with Gasteiger partial charge in [0.15, 0.2) is 22.9 Å². The number of anilines is 1. The highest BCUT2D eigenvalue weighted by Crippen LogP contribution is 2.43. The summed E-state index contributed by atoms with van der Waals surface area (Å²) in [6.07, 6.45) is 0. The number of halogens is 1. The number of methoxy groups -OCH3 is 2. The minimum absolute atomic E-state index is 0.0888. The van der Waals surface area contributed by atoms with E-state index in [1.54, 1.807) is 24.3 Å². The summed E-state index contributed by atoms with van der Waals surface area (Å²) in [6.45, 7) is 6.25. The number of nitrogens with zero attached hydrogens (tertiary/aromatic N) is 1. The maximum atomic E-state index is 14.0. The number of ketones is 1. The smallest absolute Gasteiger partial charge is 0.337 e. The number of fused-ring (bicyclic) bond motifs is 1. The first kappa shape index (κ1) is 28.0. The monoisotopic (exact) mass is 573 g/mol. The number of aliphatic hydroxyl groups is 1. The molecule has 1 aliphatic heterocycles. The highest BCUT2D eigenvalue weighted by molar-refractivity contribution is 6.31. The SMILES string of the molecule is COC(=O)c1ccc(N2C(=O)C(O)=C(C(=O)c3cc4cc(Cl)cc(OC)c4o3)C2c2ccc(C(C)(C)C)cc2)cc1. The molecule has 2 heterocycles. The first-order valence-electron chi connectivity index (χ1n) is 12.8. The van der Waals surface area contributed by atoms with Crippen LogP contribution in [0, 0.1) is 0 Å². The van der Waals surface area contributed by atoms with Gasteiger partial charge >= 0.3 is 5.97 Å². The minimum atomic E-state index is -0.980. The number of rotatable bonds is 6. The van der Waals surface area contributed by atoms with Gasteiger partial charge in [0, 0.05) is 22.2 Å². The number of hydrogen-bond donors (Lipinski definition) is 1. The predicted octanol–water partition coefficient (Wildman–Crippen LogP) is 6.96. The first-order chi connectivity index (χ1) is 19.4. The lowest BCUT2D eigenvalue weighted by molar-refractivity contribution is -0.117. The molecule has 1 N–H and O–H groups in total. The Kier molecular flexibility index (Phi) is 7.13. The molecule has 4 aromatic rings. The molecule has 1 aromatic heterocycles. The Balaban J connectivity index is 1.64. The molecule has 5 rings (SSSR count). The lowest BCUT2D eigenvalue weighted by Gasteiger charge is -2.28. The van der Waals surface area contributed by atoms with Gasteiger partial charge in [0.05, 0.1) is 31.4 Å². The number of carbonyl (C=O) groups excluding carboxylic acids is 3. The minimum Gasteiger partial charge on any atom is -0.503 e. The van der Waals surface area contributed by atoms with E-state index in [1.165, 1.54) is 37.3 Å². The largest absolute Gasteiger partial charge is 0.503 e. The maximum Gasteiger partial charge on any atom is 0.337 e. The Bertz CT molecular complexity index is 1710. The Hall–Kier alpha value is -4.56. The van der Waals surface area contributed by atoms with Crippen LogP contribution in [0.5, 0.6) is 5.75 Å². The lowest BCUT2D eigenvalue weighted by Crippen LogP contribution is -2.31. The summed E-state index contributed by atoms with van der Waals surface area (Å²) in [7, 11) is 2.73. The Morgan fingerprint density at radius 2 is 1.63 bits per heavy atom. The molecule has 9 heteroatoms. The molecular weight excluding hydrogens is 546 g/mol. The molecule has 0 saturated carbocycles. The normalized spacial score (nSPS) is 15.5. The second-order valence-electron chi connectivity index (χ2n) is 10.7. The van der Waals surface area contributed by atoms with Gasteiger partial charge in [-0.15, -0.1) is 0 Å². The van der Waals surface area contributed by atoms with Crippen LogP contribution in [-0.4, -0.2) is 37.0 Å². The van der Waals surface area contributed by atoms with Gasteiger partial charge in [0.25, 0.3) is 5.91 Å². The van der Waals surface area contributed by atoms with Gasteiger partial charge in [-0.25, -0.2) is 4.79 Å². The lowest BCUT2D eigenvalue weighted by atomic mass is 9.85. The number of hydrogen-bond acceptors (Lipinski definition) is 7. The molecule has 0 spiro atoms. The molecule has 1 aliphatic rings. The van der Waals surface area contributed by atoms with Crippen LogP contribution in [-0.2, 0) is 14.9 Å². The van der Waals surface area contributed by atoms with Crippen LogP contribution in [0.4, 0.5) is 5.69 Å². The van der Waals surface area contributed by atoms with Gasteiger partial charge in [0.1, 0.15) is 0 Å². The van der Waals surface area contributed by atoms with Gasteiger partial charge < -0.3 is 19.0 Å². The van der Waals surface area contributed by atoms with E-state index in [1.807, 2.05) is 24.3 Å². The van der Waals surface area contributed by atoms with Crippen molar-refractivity contribution in [3.63, 3.8) is 0 Å². The van der Waals surface area contributed by atoms with Crippen molar-refractivity contribution in [2.24, 2.45) is 0 Å². The van der Waals surface area contributed by atoms with Crippen LogP contribution in [0.1, 0.15) is 58.9 Å². The summed E-state index contributed by atoms with van der Waals surface area (Å²) in [5.74, 6) is -2.40. The fraction of sp³-hybridized carbons (Fsp3) is 0.219. The van der Waals surface area contributed by atoms with Crippen molar-refractivity contribution in [3.8, 4) is 5.75 Å². The summed E-state index contributed by atoms with van der Waals surface area (Å²) in [4.78, 5) is 40.9. The van der Waals surface area contributed by atoms with Gasteiger partial charge in [-0.05, 0) is 52.9 Å². The van der Waals surface area contributed by atoms with E-state index in [2.05, 4.69) is 20.8 Å². The number of Topliss-reactive ketones (excluding diaryl/α,β-unsaturated/α-hetero) is 1. The van der Waals surface area contributed by atoms with Crippen molar-refractivity contribution >= 4 is 45.9 Å². The number of esters is 1. The molecule has 1 atom stereocenters. The maximum absolute atomic E-state index is 14.0. The molecule has 210 valence electrons. The molecule has 8 nitrogen and oxygen atoms in total. The molecule has 0 fully saturated rings. The van der Waals surface area contributed by atoms with E-state index in [0.29, 0.717) is 33.0 Å². The quantitative estimate of drug-likeness (QED) is 0.196. The summed E-state index contributed by atoms with van der Waals surface area (Å²) >= 11 is 6.20. The number of amides is 1. The molecule has 0 saturated heterocycles. The van der Waals surface area contributed by atoms with Crippen molar-refractivity contribution < 1.29 is 33.4 Å². The third-order valence-electron chi connectivity index (χ3n) is 7.10. The van der Waals surface area contributed by atoms with Crippen LogP contribution in [0.15, 0.2) is 82.5 Å². The zero-order valence-corrected chi connectivity index (χ0v) is 23.9. The number of furan rings is 1. The van der Waals surface area contributed by atoms with Crippen LogP contribution < -0.4 is 9.64 Å². The fourth-order valence-corrected chi connectivity index (χ4v) is 5.16. The molecular formula is C32H28ClNO7. The first-order valence-corrected chi connectivity index (χ1v) is 13.2. The predicted molar refractivity (Wildman–Crippen MR) is 155 cm³/mol. The molecule has 0 bridgehead atoms. The van der Waals surface area contributed by atoms with E-state index < -0.39 is 29.5 Å². The highest BCUT2D eigenvalue weighted by atomic mass is 35.5. The number of benzene rings is 3. The fourth-order valence-electron chi connectivity index (χ4n) is 4.94. The second kappa shape index (κ2) is 10.4. The molecule has 1 amide bonds. The van der Waals surface area contributed by atoms with E-state index in [-0.39, 0.29) is 22.3 Å². The van der Waals surface area contributed by atoms with Gasteiger partial charge in [-0.2, -0.15) is 0 Å². The molecule has 0 radical (unpaired) electrons. The average molecular weight is 574 g/mol. The molecule has 1 unspecified atom stereocenters. The summed E-state index contributed by atoms with van der Waals surface area (Å²) in [5, 5.41) is 12.1. The van der Waals surface area contributed by atoms with Crippen molar-refractivity contribution in [2.45, 2.75) is 32.2 Å². The molecule has 41 heavy (non-hydrogen) atoms. The van der Waals surface area contributed by atoms with E-state index in [9.17, 15) is 19.5 Å². The van der Waals surface area contributed by atoms with Crippen LogP contribution >= 0.6 is 11.6 Å². The standard InChI is InChI=1S/C32H28ClNO7/c1-32(2,3)20-10-6-17(7-11-20)26-25(27(35)23-15-19-14-21(33)16-24(39-4)29(19)41-23)28(36)30(37)34(26)22-12-8-18(9-13-22)31(38)40-5/h6-16,26,36H,1-5H3. The van der Waals surface area contributed by atoms with E-state index in [0.717, 1.165) is 5.56 Å². The zero-order valence-electron chi connectivity index (χ0n) is 23.2. The Morgan fingerprint density at radius 3 is 2.22 bits per heavy atom. The van der Waals surface area contributed by atoms with Crippen molar-refractivity contribution in [1.29, 1.82) is 0 Å². The highest BCUT2D eigenvalue weighted by Gasteiger charge is 2.45. The number of ether oxygens (including phenoxy) is 2. The summed E-state index contributed by atoms with van der Waals surface area (Å²) < 4.78 is 16.0. The summed E-state index contributed by atoms with van der Waals surface area (Å²) in [6, 6.07) is 17.4. The van der Waals surface area contributed by atoms with Gasteiger partial charge in [0.2, 0.25) is 5.78 Å². The third-order valence-corrected chi connectivity index (χ3v) is 7.32. The van der Waals surface area contributed by atoms with Gasteiger partial charge in [-0.3, -0.25) is 14.5 Å². The van der Waals surface area contributed by atoms with Crippen molar-refractivity contribution in [3.05, 3.63) is 106 Å². The zero-order chi connectivity index (χ0) is 29.6.